The van der Waals surface area contributed by atoms with Crippen LogP contribution in [0.15, 0.2) is 0 Å². The number of likely N-dealkylation sites (tertiary alicyclic amines) is 1. The lowest BCUT2D eigenvalue weighted by Crippen LogP contribution is -2.42. The van der Waals surface area contributed by atoms with E-state index in [9.17, 15) is 0 Å². The van der Waals surface area contributed by atoms with E-state index in [1.54, 1.807) is 21.3 Å². The Kier molecular flexibility index (Phi) is 8.17. The summed E-state index contributed by atoms with van der Waals surface area (Å²) in [6, 6.07) is 0.931. The smallest absolute Gasteiger partial charge is 0.377 e. The molecule has 4 nitrogen and oxygen atoms in total. The Morgan fingerprint density at radius 2 is 1.79 bits per heavy atom. The number of unbranched alkanes of at least 4 members (excludes halogenated alkanes) is 1. The Hall–Kier alpha value is 0.0569. The van der Waals surface area contributed by atoms with Crippen LogP contribution in [0.4, 0.5) is 0 Å². The fraction of sp³-hybridized carbons (Fsp3) is 1.00. The van der Waals surface area contributed by atoms with Gasteiger partial charge >= 0.3 is 8.80 Å². The maximum Gasteiger partial charge on any atom is 0.500 e. The predicted octanol–water partition coefficient (Wildman–Crippen LogP) is 2.77. The molecule has 1 unspecified atom stereocenters. The summed E-state index contributed by atoms with van der Waals surface area (Å²) in [5, 5.41) is 0. The van der Waals surface area contributed by atoms with Gasteiger partial charge in [0.2, 0.25) is 0 Å². The van der Waals surface area contributed by atoms with Crippen molar-refractivity contribution in [1.29, 1.82) is 0 Å². The molecule has 0 aromatic heterocycles. The number of nitrogens with zero attached hydrogens (tertiary/aromatic N) is 1. The zero-order valence-corrected chi connectivity index (χ0v) is 14.1. The molecule has 0 amide bonds. The van der Waals surface area contributed by atoms with Crippen LogP contribution in [0.3, 0.4) is 0 Å². The quantitative estimate of drug-likeness (QED) is 0.482. The van der Waals surface area contributed by atoms with Crippen LogP contribution in [0.5, 0.6) is 0 Å². The lowest BCUT2D eigenvalue weighted by atomic mass is 9.93. The predicted molar refractivity (Wildman–Crippen MR) is 80.3 cm³/mol. The standard InChI is InChI=1S/C14H31NO3Si/c1-5-15-11-8-10-14(13-15)9-6-7-12-19(16-2,17-3)18-4/h14H,5-13H2,1-4H3. The summed E-state index contributed by atoms with van der Waals surface area (Å²) in [6.07, 6.45) is 6.50. The molecule has 1 rings (SSSR count). The maximum atomic E-state index is 5.45. The highest BCUT2D eigenvalue weighted by atomic mass is 28.4. The second-order valence-electron chi connectivity index (χ2n) is 5.44. The van der Waals surface area contributed by atoms with Gasteiger partial charge in [0.15, 0.2) is 0 Å². The molecule has 1 atom stereocenters. The van der Waals surface area contributed by atoms with E-state index in [-0.39, 0.29) is 0 Å². The second-order valence-corrected chi connectivity index (χ2v) is 8.53. The lowest BCUT2D eigenvalue weighted by Gasteiger charge is -2.32. The van der Waals surface area contributed by atoms with Gasteiger partial charge in [0.05, 0.1) is 0 Å². The number of hydrogen-bond donors (Lipinski definition) is 0. The van der Waals surface area contributed by atoms with Crippen molar-refractivity contribution in [3.63, 3.8) is 0 Å². The highest BCUT2D eigenvalue weighted by Gasteiger charge is 2.36. The Morgan fingerprint density at radius 3 is 2.37 bits per heavy atom. The molecular weight excluding hydrogens is 258 g/mol. The van der Waals surface area contributed by atoms with Crippen LogP contribution in [0.1, 0.15) is 39.0 Å². The van der Waals surface area contributed by atoms with Gasteiger partial charge in [-0.3, -0.25) is 0 Å². The number of rotatable bonds is 9. The van der Waals surface area contributed by atoms with Crippen molar-refractivity contribution in [2.75, 3.05) is 41.0 Å². The third-order valence-corrected chi connectivity index (χ3v) is 7.16. The second kappa shape index (κ2) is 9.08. The molecule has 0 aromatic carbocycles. The van der Waals surface area contributed by atoms with E-state index >= 15 is 0 Å². The van der Waals surface area contributed by atoms with Gasteiger partial charge in [0, 0.05) is 33.9 Å². The number of hydrogen-bond acceptors (Lipinski definition) is 4. The third kappa shape index (κ3) is 5.51. The molecule has 0 N–H and O–H groups in total. The molecule has 0 aromatic rings. The van der Waals surface area contributed by atoms with Gasteiger partial charge in [-0.1, -0.05) is 13.3 Å². The molecular formula is C14H31NO3Si. The SMILES string of the molecule is CCN1CCCC(CCCC[Si](OC)(OC)OC)C1. The minimum Gasteiger partial charge on any atom is -0.377 e. The molecule has 1 saturated heterocycles. The van der Waals surface area contributed by atoms with Crippen LogP contribution >= 0.6 is 0 Å². The summed E-state index contributed by atoms with van der Waals surface area (Å²) in [5.41, 5.74) is 0. The van der Waals surface area contributed by atoms with Gasteiger partial charge in [-0.25, -0.2) is 0 Å². The Balaban J connectivity index is 2.19. The van der Waals surface area contributed by atoms with E-state index in [1.807, 2.05) is 0 Å². The molecule has 1 fully saturated rings. The van der Waals surface area contributed by atoms with E-state index in [4.69, 9.17) is 13.3 Å². The Labute approximate surface area is 119 Å². The molecule has 114 valence electrons. The van der Waals surface area contributed by atoms with Crippen molar-refractivity contribution < 1.29 is 13.3 Å². The van der Waals surface area contributed by atoms with Crippen LogP contribution in [0, 0.1) is 5.92 Å². The minimum absolute atomic E-state index is 0.886. The summed E-state index contributed by atoms with van der Waals surface area (Å²) >= 11 is 0. The first-order valence-electron chi connectivity index (χ1n) is 7.57. The highest BCUT2D eigenvalue weighted by Crippen LogP contribution is 2.24. The molecule has 0 bridgehead atoms. The first-order valence-corrected chi connectivity index (χ1v) is 9.50. The zero-order valence-electron chi connectivity index (χ0n) is 13.1. The van der Waals surface area contributed by atoms with Crippen LogP contribution in [0.2, 0.25) is 6.04 Å². The van der Waals surface area contributed by atoms with Crippen LogP contribution < -0.4 is 0 Å². The molecule has 1 aliphatic rings. The molecule has 1 heterocycles. The van der Waals surface area contributed by atoms with Crippen LogP contribution in [-0.4, -0.2) is 54.7 Å². The largest absolute Gasteiger partial charge is 0.500 e. The average molecular weight is 289 g/mol. The van der Waals surface area contributed by atoms with Gasteiger partial charge in [-0.15, -0.1) is 0 Å². The summed E-state index contributed by atoms with van der Waals surface area (Å²) in [5.74, 6) is 0.886. The fourth-order valence-corrected chi connectivity index (χ4v) is 4.80. The van der Waals surface area contributed by atoms with Crippen LogP contribution in [-0.2, 0) is 13.3 Å². The van der Waals surface area contributed by atoms with E-state index in [0.29, 0.717) is 0 Å². The van der Waals surface area contributed by atoms with Crippen molar-refractivity contribution in [2.24, 2.45) is 5.92 Å². The fourth-order valence-electron chi connectivity index (χ4n) is 3.00. The van der Waals surface area contributed by atoms with E-state index < -0.39 is 8.80 Å². The average Bonchev–Trinajstić information content (AvgIpc) is 2.48. The topological polar surface area (TPSA) is 30.9 Å². The highest BCUT2D eigenvalue weighted by molar-refractivity contribution is 6.60. The van der Waals surface area contributed by atoms with Gasteiger partial charge < -0.3 is 18.2 Å². The molecule has 0 aliphatic carbocycles. The van der Waals surface area contributed by atoms with Crippen LogP contribution in [0.25, 0.3) is 0 Å². The lowest BCUT2D eigenvalue weighted by molar-refractivity contribution is 0.122. The van der Waals surface area contributed by atoms with E-state index in [2.05, 4.69) is 11.8 Å². The summed E-state index contributed by atoms with van der Waals surface area (Å²) in [4.78, 5) is 2.58. The van der Waals surface area contributed by atoms with Crippen molar-refractivity contribution in [3.8, 4) is 0 Å². The molecule has 0 saturated carbocycles. The van der Waals surface area contributed by atoms with Gasteiger partial charge in [-0.05, 0) is 44.7 Å². The molecule has 1 aliphatic heterocycles. The maximum absolute atomic E-state index is 5.45. The molecule has 0 radical (unpaired) electrons. The normalized spacial score (nSPS) is 21.8. The van der Waals surface area contributed by atoms with E-state index in [1.165, 1.54) is 45.3 Å². The van der Waals surface area contributed by atoms with E-state index in [0.717, 1.165) is 18.4 Å². The van der Waals surface area contributed by atoms with Crippen molar-refractivity contribution in [1.82, 2.24) is 4.90 Å². The first-order chi connectivity index (χ1) is 9.19. The monoisotopic (exact) mass is 289 g/mol. The van der Waals surface area contributed by atoms with Gasteiger partial charge in [-0.2, -0.15) is 0 Å². The molecule has 0 spiro atoms. The number of piperidine rings is 1. The molecule has 19 heavy (non-hydrogen) atoms. The summed E-state index contributed by atoms with van der Waals surface area (Å²) in [7, 11) is 2.75. The first kappa shape index (κ1) is 17.1. The zero-order chi connectivity index (χ0) is 14.1. The Bertz CT molecular complexity index is 228. The van der Waals surface area contributed by atoms with Crippen molar-refractivity contribution >= 4 is 8.80 Å². The van der Waals surface area contributed by atoms with Gasteiger partial charge in [0.25, 0.3) is 0 Å². The molecule has 5 heteroatoms. The van der Waals surface area contributed by atoms with Gasteiger partial charge in [0.1, 0.15) is 0 Å². The summed E-state index contributed by atoms with van der Waals surface area (Å²) in [6.45, 7) is 6.04. The summed E-state index contributed by atoms with van der Waals surface area (Å²) < 4.78 is 16.3. The third-order valence-electron chi connectivity index (χ3n) is 4.33. The Morgan fingerprint density at radius 1 is 1.11 bits per heavy atom. The van der Waals surface area contributed by atoms with Crippen molar-refractivity contribution in [3.05, 3.63) is 0 Å². The van der Waals surface area contributed by atoms with Crippen molar-refractivity contribution in [2.45, 2.75) is 45.1 Å². The minimum atomic E-state index is -2.33.